The van der Waals surface area contributed by atoms with Crippen molar-refractivity contribution >= 4 is 17.7 Å². The van der Waals surface area contributed by atoms with Crippen LogP contribution >= 0.6 is 11.8 Å². The molecule has 0 aliphatic rings. The van der Waals surface area contributed by atoms with Gasteiger partial charge in [-0.2, -0.15) is 0 Å². The summed E-state index contributed by atoms with van der Waals surface area (Å²) in [5, 5.41) is 3.02. The van der Waals surface area contributed by atoms with Gasteiger partial charge in [-0.1, -0.05) is 42.8 Å². The first-order chi connectivity index (χ1) is 12.7. The fraction of sp³-hybridized carbons (Fsp3) is 0.409. The number of para-hydroxylation sites is 1. The molecular formula is C22H29NO2S. The normalized spacial score (nSPS) is 10.5. The lowest BCUT2D eigenvalue weighted by Gasteiger charge is -2.11. The molecule has 0 spiro atoms. The first-order valence-corrected chi connectivity index (χ1v) is 10.3. The maximum Gasteiger partial charge on any atom is 0.220 e. The van der Waals surface area contributed by atoms with Crippen LogP contribution in [0.25, 0.3) is 0 Å². The van der Waals surface area contributed by atoms with E-state index in [0.717, 1.165) is 37.4 Å². The number of nitrogens with one attached hydrogen (secondary N) is 1. The minimum absolute atomic E-state index is 0.125. The van der Waals surface area contributed by atoms with Gasteiger partial charge in [-0.05, 0) is 49.9 Å². The number of hydrogen-bond acceptors (Lipinski definition) is 3. The Hall–Kier alpha value is -1.94. The fourth-order valence-electron chi connectivity index (χ4n) is 2.55. The summed E-state index contributed by atoms with van der Waals surface area (Å²) in [6, 6.07) is 16.6. The number of rotatable bonds is 11. The van der Waals surface area contributed by atoms with Crippen LogP contribution in [0.2, 0.25) is 0 Å². The quantitative estimate of drug-likeness (QED) is 0.445. The monoisotopic (exact) mass is 371 g/mol. The van der Waals surface area contributed by atoms with Crippen molar-refractivity contribution in [2.24, 2.45) is 0 Å². The van der Waals surface area contributed by atoms with E-state index in [1.807, 2.05) is 18.2 Å². The van der Waals surface area contributed by atoms with Crippen molar-refractivity contribution in [3.8, 4) is 5.75 Å². The Balaban J connectivity index is 1.62. The molecule has 2 aromatic rings. The number of hydrogen-bond donors (Lipinski definition) is 1. The highest BCUT2D eigenvalue weighted by Gasteiger charge is 2.04. The molecule has 0 fully saturated rings. The number of amides is 1. The number of aryl methyl sites for hydroxylation is 2. The molecule has 0 unspecified atom stereocenters. The standard InChI is InChI=1S/C22H29NO2S/c1-3-16-25-21-9-5-4-7-19(21)8-6-15-23-22(24)14-17-26-20-12-10-18(2)11-13-20/h4-5,7,9-13H,3,6,8,14-17H2,1-2H3,(H,23,24). The molecule has 2 aromatic carbocycles. The molecule has 4 heteroatoms. The summed E-state index contributed by atoms with van der Waals surface area (Å²) in [5.74, 6) is 1.90. The summed E-state index contributed by atoms with van der Waals surface area (Å²) >= 11 is 1.73. The average Bonchev–Trinajstić information content (AvgIpc) is 2.66. The highest BCUT2D eigenvalue weighted by Crippen LogP contribution is 2.20. The fourth-order valence-corrected chi connectivity index (χ4v) is 3.41. The highest BCUT2D eigenvalue weighted by molar-refractivity contribution is 7.99. The minimum atomic E-state index is 0.125. The number of carbonyl (C=O) groups is 1. The molecule has 26 heavy (non-hydrogen) atoms. The highest BCUT2D eigenvalue weighted by atomic mass is 32.2. The van der Waals surface area contributed by atoms with E-state index in [2.05, 4.69) is 49.5 Å². The molecule has 1 amide bonds. The van der Waals surface area contributed by atoms with Gasteiger partial charge < -0.3 is 10.1 Å². The number of benzene rings is 2. The van der Waals surface area contributed by atoms with Gasteiger partial charge in [0.25, 0.3) is 0 Å². The minimum Gasteiger partial charge on any atom is -0.493 e. The predicted molar refractivity (Wildman–Crippen MR) is 110 cm³/mol. The lowest BCUT2D eigenvalue weighted by molar-refractivity contribution is -0.120. The van der Waals surface area contributed by atoms with Crippen LogP contribution in [0.4, 0.5) is 0 Å². The molecule has 0 radical (unpaired) electrons. The molecule has 140 valence electrons. The van der Waals surface area contributed by atoms with Crippen molar-refractivity contribution in [3.63, 3.8) is 0 Å². The Morgan fingerprint density at radius 3 is 2.65 bits per heavy atom. The molecule has 1 N–H and O–H groups in total. The lowest BCUT2D eigenvalue weighted by atomic mass is 10.1. The third-order valence-electron chi connectivity index (χ3n) is 4.00. The first kappa shape index (κ1) is 20.4. The van der Waals surface area contributed by atoms with Crippen molar-refractivity contribution in [3.05, 3.63) is 59.7 Å². The van der Waals surface area contributed by atoms with E-state index in [0.29, 0.717) is 13.0 Å². The van der Waals surface area contributed by atoms with Gasteiger partial charge >= 0.3 is 0 Å². The summed E-state index contributed by atoms with van der Waals surface area (Å²) in [4.78, 5) is 13.2. The van der Waals surface area contributed by atoms with Gasteiger partial charge in [-0.15, -0.1) is 11.8 Å². The summed E-state index contributed by atoms with van der Waals surface area (Å²) in [6.45, 7) is 5.63. The molecule has 3 nitrogen and oxygen atoms in total. The zero-order chi connectivity index (χ0) is 18.6. The number of ether oxygens (including phenoxy) is 1. The number of thioether (sulfide) groups is 1. The Bertz CT molecular complexity index is 670. The van der Waals surface area contributed by atoms with E-state index >= 15 is 0 Å². The van der Waals surface area contributed by atoms with Gasteiger partial charge in [0.15, 0.2) is 0 Å². The van der Waals surface area contributed by atoms with Crippen LogP contribution in [0.5, 0.6) is 5.75 Å². The summed E-state index contributed by atoms with van der Waals surface area (Å²) < 4.78 is 5.78. The maximum atomic E-state index is 12.0. The second-order valence-electron chi connectivity index (χ2n) is 6.32. The smallest absolute Gasteiger partial charge is 0.220 e. The van der Waals surface area contributed by atoms with Crippen LogP contribution < -0.4 is 10.1 Å². The molecule has 0 saturated heterocycles. The molecule has 2 rings (SSSR count). The molecular weight excluding hydrogens is 342 g/mol. The molecule has 0 atom stereocenters. The van der Waals surface area contributed by atoms with Crippen LogP contribution in [-0.4, -0.2) is 24.8 Å². The van der Waals surface area contributed by atoms with Crippen LogP contribution in [0.1, 0.15) is 37.3 Å². The largest absolute Gasteiger partial charge is 0.493 e. The Kier molecular flexibility index (Phi) is 9.11. The van der Waals surface area contributed by atoms with Gasteiger partial charge in [-0.25, -0.2) is 0 Å². The third kappa shape index (κ3) is 7.52. The summed E-state index contributed by atoms with van der Waals surface area (Å²) in [7, 11) is 0. The predicted octanol–water partition coefficient (Wildman–Crippen LogP) is 5.02. The average molecular weight is 372 g/mol. The van der Waals surface area contributed by atoms with Crippen LogP contribution in [0.3, 0.4) is 0 Å². The molecule has 0 bridgehead atoms. The Labute approximate surface area is 161 Å². The molecule has 0 saturated carbocycles. The topological polar surface area (TPSA) is 38.3 Å². The summed E-state index contributed by atoms with van der Waals surface area (Å²) in [6.07, 6.45) is 3.39. The molecule has 0 aliphatic heterocycles. The van der Waals surface area contributed by atoms with Gasteiger partial charge in [0.05, 0.1) is 6.61 Å². The maximum absolute atomic E-state index is 12.0. The lowest BCUT2D eigenvalue weighted by Crippen LogP contribution is -2.25. The van der Waals surface area contributed by atoms with Crippen LogP contribution in [-0.2, 0) is 11.2 Å². The number of carbonyl (C=O) groups excluding carboxylic acids is 1. The second kappa shape index (κ2) is 11.6. The molecule has 0 aromatic heterocycles. The zero-order valence-corrected chi connectivity index (χ0v) is 16.6. The van der Waals surface area contributed by atoms with E-state index in [4.69, 9.17) is 4.74 Å². The van der Waals surface area contributed by atoms with Gasteiger partial charge in [0.2, 0.25) is 5.91 Å². The van der Waals surface area contributed by atoms with E-state index < -0.39 is 0 Å². The van der Waals surface area contributed by atoms with Crippen LogP contribution in [0.15, 0.2) is 53.4 Å². The SMILES string of the molecule is CCCOc1ccccc1CCCNC(=O)CCSc1ccc(C)cc1. The Morgan fingerprint density at radius 1 is 1.12 bits per heavy atom. The van der Waals surface area contributed by atoms with E-state index in [1.165, 1.54) is 16.0 Å². The van der Waals surface area contributed by atoms with Gasteiger partial charge in [0.1, 0.15) is 5.75 Å². The summed E-state index contributed by atoms with van der Waals surface area (Å²) in [5.41, 5.74) is 2.47. The van der Waals surface area contributed by atoms with Crippen molar-refractivity contribution in [2.75, 3.05) is 18.9 Å². The van der Waals surface area contributed by atoms with Crippen molar-refractivity contribution < 1.29 is 9.53 Å². The molecule has 0 heterocycles. The van der Waals surface area contributed by atoms with E-state index in [9.17, 15) is 4.79 Å². The van der Waals surface area contributed by atoms with E-state index in [-0.39, 0.29) is 5.91 Å². The van der Waals surface area contributed by atoms with Crippen molar-refractivity contribution in [2.45, 2.75) is 44.4 Å². The second-order valence-corrected chi connectivity index (χ2v) is 7.49. The van der Waals surface area contributed by atoms with E-state index in [1.54, 1.807) is 11.8 Å². The van der Waals surface area contributed by atoms with Crippen molar-refractivity contribution in [1.29, 1.82) is 0 Å². The third-order valence-corrected chi connectivity index (χ3v) is 5.01. The van der Waals surface area contributed by atoms with Gasteiger partial charge in [0, 0.05) is 23.6 Å². The zero-order valence-electron chi connectivity index (χ0n) is 15.8. The first-order valence-electron chi connectivity index (χ1n) is 9.36. The van der Waals surface area contributed by atoms with Gasteiger partial charge in [-0.3, -0.25) is 4.79 Å². The van der Waals surface area contributed by atoms with Crippen molar-refractivity contribution in [1.82, 2.24) is 5.32 Å². The van der Waals surface area contributed by atoms with Crippen LogP contribution in [0, 0.1) is 6.92 Å². The molecule has 0 aliphatic carbocycles. The Morgan fingerprint density at radius 2 is 1.88 bits per heavy atom.